The molecule has 252 valence electrons. The zero-order valence-electron chi connectivity index (χ0n) is 28.1. The number of allylic oxidation sites excluding steroid dienone is 2. The molecular formula is C40H40F2N4O3. The van der Waals surface area contributed by atoms with Gasteiger partial charge < -0.3 is 0 Å². The van der Waals surface area contributed by atoms with Gasteiger partial charge in [0, 0.05) is 12.8 Å². The molecule has 0 amide bonds. The van der Waals surface area contributed by atoms with Crippen molar-refractivity contribution in [3.63, 3.8) is 0 Å². The number of carbonyl (C=O) groups is 3. The molecule has 49 heavy (non-hydrogen) atoms. The molecule has 4 aliphatic carbocycles. The largest absolute Gasteiger partial charge is 0.300 e. The fraction of sp³-hybridized carbons (Fsp3) is 0.375. The van der Waals surface area contributed by atoms with Crippen molar-refractivity contribution in [3.8, 4) is 11.4 Å². The SMILES string of the molecule is CC(=O)[C@@]12CC(=O)CCC1=Cc1c(cnn1-c1ccc(F)cc1)C2.CC[C@H]1CCC2=Cc3c(cnn3-c3ccc(F)cc3)C[C@]2(C(C)=O)C1. The number of nitrogens with zero attached hydrogens (tertiary/aromatic N) is 4. The predicted octanol–water partition coefficient (Wildman–Crippen LogP) is 8.02. The fourth-order valence-electron chi connectivity index (χ4n) is 8.40. The number of hydrogen-bond donors (Lipinski definition) is 0. The van der Waals surface area contributed by atoms with E-state index in [0.717, 1.165) is 71.6 Å². The standard InChI is InChI=1S/C21H23FN2O.C19H17FN2O2/c1-3-15-4-5-17-10-20-16(12-21(17,11-15)14(2)25)13-23-24(20)19-8-6-18(22)7-9-19;1-12(23)19-9-13-11-21-22(16-5-3-15(20)4-6-16)18(13)8-14(19)2-7-17(24)10-19/h6-10,13,15H,3-5,11-12H2,1-2H3;3-6,8,11H,2,7,9-10H2,1H3/t15-,21-;19-/m01/s1. The van der Waals surface area contributed by atoms with E-state index in [1.165, 1.54) is 29.8 Å². The van der Waals surface area contributed by atoms with E-state index >= 15 is 0 Å². The molecule has 4 aromatic rings. The number of carbonyl (C=O) groups excluding carboxylic acids is 3. The van der Waals surface area contributed by atoms with Crippen LogP contribution in [0, 0.1) is 28.4 Å². The van der Waals surface area contributed by atoms with Crippen LogP contribution in [0.15, 0.2) is 72.1 Å². The van der Waals surface area contributed by atoms with Crippen LogP contribution in [0.2, 0.25) is 0 Å². The van der Waals surface area contributed by atoms with E-state index in [1.807, 2.05) is 17.0 Å². The highest BCUT2D eigenvalue weighted by atomic mass is 19.1. The second-order valence-electron chi connectivity index (χ2n) is 14.1. The second-order valence-corrected chi connectivity index (χ2v) is 14.1. The van der Waals surface area contributed by atoms with Gasteiger partial charge >= 0.3 is 0 Å². The smallest absolute Gasteiger partial charge is 0.140 e. The average Bonchev–Trinajstić information content (AvgIpc) is 3.70. The molecule has 9 heteroatoms. The van der Waals surface area contributed by atoms with Gasteiger partial charge in [-0.15, -0.1) is 0 Å². The Bertz CT molecular complexity index is 2020. The summed E-state index contributed by atoms with van der Waals surface area (Å²) >= 11 is 0. The minimum Gasteiger partial charge on any atom is -0.300 e. The molecular weight excluding hydrogens is 622 g/mol. The fourth-order valence-corrected chi connectivity index (χ4v) is 8.40. The molecule has 8 rings (SSSR count). The lowest BCUT2D eigenvalue weighted by atomic mass is 9.59. The second kappa shape index (κ2) is 12.6. The first-order valence-electron chi connectivity index (χ1n) is 17.1. The number of benzene rings is 2. The van der Waals surface area contributed by atoms with Gasteiger partial charge in [-0.1, -0.05) is 24.5 Å². The van der Waals surface area contributed by atoms with Crippen LogP contribution in [-0.4, -0.2) is 36.9 Å². The lowest BCUT2D eigenvalue weighted by Crippen LogP contribution is -2.41. The maximum atomic E-state index is 13.2. The molecule has 4 aliphatic rings. The molecule has 2 aromatic carbocycles. The summed E-state index contributed by atoms with van der Waals surface area (Å²) in [5.74, 6) is 0.543. The monoisotopic (exact) mass is 662 g/mol. The Morgan fingerprint density at radius 3 is 1.71 bits per heavy atom. The topological polar surface area (TPSA) is 86.8 Å². The van der Waals surface area contributed by atoms with Crippen molar-refractivity contribution in [2.24, 2.45) is 16.7 Å². The average molecular weight is 663 g/mol. The van der Waals surface area contributed by atoms with Crippen molar-refractivity contribution in [1.82, 2.24) is 19.6 Å². The van der Waals surface area contributed by atoms with Crippen LogP contribution in [0.25, 0.3) is 23.5 Å². The maximum Gasteiger partial charge on any atom is 0.140 e. The molecule has 7 nitrogen and oxygen atoms in total. The summed E-state index contributed by atoms with van der Waals surface area (Å²) < 4.78 is 30.0. The Kier molecular flexibility index (Phi) is 8.41. The Labute approximate surface area is 284 Å². The Hall–Kier alpha value is -4.79. The number of ketones is 3. The first-order chi connectivity index (χ1) is 23.5. The highest BCUT2D eigenvalue weighted by Gasteiger charge is 2.47. The molecule has 0 radical (unpaired) electrons. The molecule has 2 fully saturated rings. The Morgan fingerprint density at radius 1 is 0.735 bits per heavy atom. The van der Waals surface area contributed by atoms with E-state index in [0.29, 0.717) is 25.2 Å². The molecule has 2 saturated carbocycles. The predicted molar refractivity (Wildman–Crippen MR) is 183 cm³/mol. The van der Waals surface area contributed by atoms with E-state index < -0.39 is 5.41 Å². The molecule has 0 bridgehead atoms. The molecule has 0 N–H and O–H groups in total. The first kappa shape index (κ1) is 32.7. The van der Waals surface area contributed by atoms with E-state index in [9.17, 15) is 23.2 Å². The van der Waals surface area contributed by atoms with Gasteiger partial charge in [0.15, 0.2) is 0 Å². The number of aromatic nitrogens is 4. The van der Waals surface area contributed by atoms with E-state index in [4.69, 9.17) is 0 Å². The quantitative estimate of drug-likeness (QED) is 0.216. The summed E-state index contributed by atoms with van der Waals surface area (Å²) in [6, 6.07) is 12.5. The number of halogens is 2. The van der Waals surface area contributed by atoms with Gasteiger partial charge in [0.25, 0.3) is 0 Å². The van der Waals surface area contributed by atoms with Crippen LogP contribution in [-0.2, 0) is 27.2 Å². The van der Waals surface area contributed by atoms with Crippen molar-refractivity contribution in [2.75, 3.05) is 0 Å². The van der Waals surface area contributed by atoms with Crippen LogP contribution in [0.1, 0.15) is 88.2 Å². The normalized spacial score (nSPS) is 23.9. The summed E-state index contributed by atoms with van der Waals surface area (Å²) in [6.45, 7) is 5.52. The van der Waals surface area contributed by atoms with E-state index in [2.05, 4.69) is 23.2 Å². The zero-order chi connectivity index (χ0) is 34.5. The number of rotatable bonds is 5. The van der Waals surface area contributed by atoms with E-state index in [-0.39, 0.29) is 40.8 Å². The van der Waals surface area contributed by atoms with Gasteiger partial charge in [0.1, 0.15) is 29.0 Å². The minimum atomic E-state index is -0.695. The first-order valence-corrected chi connectivity index (χ1v) is 17.1. The lowest BCUT2D eigenvalue weighted by Gasteiger charge is -2.43. The zero-order valence-corrected chi connectivity index (χ0v) is 28.1. The number of fused-ring (bicyclic) bond motifs is 4. The summed E-state index contributed by atoms with van der Waals surface area (Å²) in [7, 11) is 0. The highest BCUT2D eigenvalue weighted by Crippen LogP contribution is 2.51. The van der Waals surface area contributed by atoms with Crippen molar-refractivity contribution < 1.29 is 23.2 Å². The number of Topliss-reactive ketones (excluding diaryl/α,β-unsaturated/α-hetero) is 3. The van der Waals surface area contributed by atoms with Crippen LogP contribution in [0.5, 0.6) is 0 Å². The molecule has 0 saturated heterocycles. The molecule has 0 aliphatic heterocycles. The minimum absolute atomic E-state index is 0.0435. The third kappa shape index (κ3) is 5.73. The van der Waals surface area contributed by atoms with Crippen LogP contribution < -0.4 is 0 Å². The summed E-state index contributed by atoms with van der Waals surface area (Å²) in [4.78, 5) is 37.0. The summed E-state index contributed by atoms with van der Waals surface area (Å²) in [5, 5.41) is 8.94. The van der Waals surface area contributed by atoms with Crippen molar-refractivity contribution in [2.45, 2.75) is 78.6 Å². The number of hydrogen-bond acceptors (Lipinski definition) is 5. The van der Waals surface area contributed by atoms with Gasteiger partial charge in [-0.3, -0.25) is 14.4 Å². The lowest BCUT2D eigenvalue weighted by molar-refractivity contribution is -0.132. The van der Waals surface area contributed by atoms with Crippen LogP contribution >= 0.6 is 0 Å². The van der Waals surface area contributed by atoms with E-state index in [1.54, 1.807) is 49.0 Å². The van der Waals surface area contributed by atoms with Gasteiger partial charge in [-0.2, -0.15) is 10.2 Å². The Balaban J connectivity index is 0.000000154. The van der Waals surface area contributed by atoms with Crippen molar-refractivity contribution in [3.05, 3.63) is 106 Å². The molecule has 0 spiro atoms. The van der Waals surface area contributed by atoms with Crippen molar-refractivity contribution in [1.29, 1.82) is 0 Å². The van der Waals surface area contributed by atoms with Gasteiger partial charge in [0.2, 0.25) is 0 Å². The van der Waals surface area contributed by atoms with Crippen molar-refractivity contribution >= 4 is 29.5 Å². The third-order valence-corrected chi connectivity index (χ3v) is 11.3. The summed E-state index contributed by atoms with van der Waals surface area (Å²) in [6.07, 6.45) is 14.6. The Morgan fingerprint density at radius 2 is 1.22 bits per heavy atom. The van der Waals surface area contributed by atoms with Crippen LogP contribution in [0.3, 0.4) is 0 Å². The molecule has 0 unspecified atom stereocenters. The molecule has 3 atom stereocenters. The molecule has 2 aromatic heterocycles. The van der Waals surface area contributed by atoms with Gasteiger partial charge in [-0.25, -0.2) is 18.1 Å². The highest BCUT2D eigenvalue weighted by molar-refractivity contribution is 5.96. The van der Waals surface area contributed by atoms with Gasteiger partial charge in [0.05, 0.1) is 46.0 Å². The maximum absolute atomic E-state index is 13.2. The molecule has 2 heterocycles. The van der Waals surface area contributed by atoms with Gasteiger partial charge in [-0.05, 0) is 130 Å². The van der Waals surface area contributed by atoms with Crippen LogP contribution in [0.4, 0.5) is 8.78 Å². The summed E-state index contributed by atoms with van der Waals surface area (Å²) in [5.41, 5.74) is 6.87. The third-order valence-electron chi connectivity index (χ3n) is 11.3.